The lowest BCUT2D eigenvalue weighted by molar-refractivity contribution is -0.121. The Labute approximate surface area is 120 Å². The third-order valence-electron chi connectivity index (χ3n) is 2.88. The fraction of sp³-hybridized carbons (Fsp3) is 0.467. The van der Waals surface area contributed by atoms with Crippen molar-refractivity contribution in [2.45, 2.75) is 19.8 Å². The van der Waals surface area contributed by atoms with Crippen LogP contribution in [0.2, 0.25) is 0 Å². The molecule has 0 saturated carbocycles. The molecule has 0 fully saturated rings. The van der Waals surface area contributed by atoms with Crippen LogP contribution in [0.3, 0.4) is 0 Å². The van der Waals surface area contributed by atoms with Crippen LogP contribution in [0.15, 0.2) is 24.3 Å². The molecule has 1 aromatic rings. The highest BCUT2D eigenvalue weighted by atomic mass is 16.2. The number of hydrogen-bond acceptors (Lipinski definition) is 3. The summed E-state index contributed by atoms with van der Waals surface area (Å²) in [5.41, 5.74) is 1.76. The minimum absolute atomic E-state index is 0.0184. The lowest BCUT2D eigenvalue weighted by Gasteiger charge is -2.07. The molecule has 2 amide bonds. The lowest BCUT2D eigenvalue weighted by Crippen LogP contribution is -2.34. The van der Waals surface area contributed by atoms with E-state index < -0.39 is 0 Å². The summed E-state index contributed by atoms with van der Waals surface area (Å²) in [6.07, 6.45) is 1.32. The van der Waals surface area contributed by atoms with E-state index in [9.17, 15) is 9.59 Å². The van der Waals surface area contributed by atoms with E-state index in [1.807, 2.05) is 26.1 Å². The first kappa shape index (κ1) is 16.2. The van der Waals surface area contributed by atoms with Crippen molar-refractivity contribution in [3.05, 3.63) is 35.4 Å². The van der Waals surface area contributed by atoms with E-state index in [2.05, 4.69) is 16.0 Å². The first-order chi connectivity index (χ1) is 9.63. The normalized spacial score (nSPS) is 10.1. The third-order valence-corrected chi connectivity index (χ3v) is 2.88. The number of nitrogens with one attached hydrogen (secondary N) is 3. The average Bonchev–Trinajstić information content (AvgIpc) is 2.44. The average molecular weight is 277 g/mol. The molecule has 1 rings (SSSR count). The Morgan fingerprint density at radius 2 is 1.65 bits per heavy atom. The van der Waals surface area contributed by atoms with E-state index in [-0.39, 0.29) is 11.8 Å². The van der Waals surface area contributed by atoms with Crippen LogP contribution in [-0.4, -0.2) is 38.5 Å². The second-order valence-corrected chi connectivity index (χ2v) is 4.68. The van der Waals surface area contributed by atoms with Gasteiger partial charge in [0.25, 0.3) is 5.91 Å². The summed E-state index contributed by atoms with van der Waals surface area (Å²) in [5.74, 6) is -0.0979. The van der Waals surface area contributed by atoms with Crippen molar-refractivity contribution < 1.29 is 9.59 Å². The molecule has 0 saturated heterocycles. The molecule has 0 aliphatic carbocycles. The zero-order valence-corrected chi connectivity index (χ0v) is 12.2. The van der Waals surface area contributed by atoms with Gasteiger partial charge in [0.05, 0.1) is 0 Å². The minimum Gasteiger partial charge on any atom is -0.354 e. The van der Waals surface area contributed by atoms with Gasteiger partial charge in [-0.25, -0.2) is 0 Å². The Kier molecular flexibility index (Phi) is 7.35. The monoisotopic (exact) mass is 277 g/mol. The summed E-state index contributed by atoms with van der Waals surface area (Å²) in [7, 11) is 1.86. The van der Waals surface area contributed by atoms with Crippen LogP contribution in [0.4, 0.5) is 0 Å². The topological polar surface area (TPSA) is 70.2 Å². The van der Waals surface area contributed by atoms with Crippen LogP contribution in [0.1, 0.15) is 28.8 Å². The van der Waals surface area contributed by atoms with E-state index in [4.69, 9.17) is 0 Å². The number of hydrogen-bond donors (Lipinski definition) is 3. The van der Waals surface area contributed by atoms with Crippen LogP contribution in [0, 0.1) is 6.92 Å². The van der Waals surface area contributed by atoms with Crippen molar-refractivity contribution in [2.75, 3.05) is 26.7 Å². The van der Waals surface area contributed by atoms with Gasteiger partial charge in [-0.1, -0.05) is 17.7 Å². The number of carbonyl (C=O) groups is 2. The van der Waals surface area contributed by atoms with Gasteiger partial charge in [0.2, 0.25) is 5.91 Å². The highest BCUT2D eigenvalue weighted by Crippen LogP contribution is 2.02. The highest BCUT2D eigenvalue weighted by molar-refractivity contribution is 5.94. The molecule has 0 aromatic heterocycles. The predicted molar refractivity (Wildman–Crippen MR) is 79.7 cm³/mol. The highest BCUT2D eigenvalue weighted by Gasteiger charge is 2.04. The maximum absolute atomic E-state index is 11.8. The van der Waals surface area contributed by atoms with Gasteiger partial charge in [-0.05, 0) is 39.1 Å². The molecule has 0 radical (unpaired) electrons. The third kappa shape index (κ3) is 6.33. The van der Waals surface area contributed by atoms with Gasteiger partial charge < -0.3 is 16.0 Å². The zero-order chi connectivity index (χ0) is 14.8. The van der Waals surface area contributed by atoms with Crippen LogP contribution < -0.4 is 16.0 Å². The molecular weight excluding hydrogens is 254 g/mol. The first-order valence-corrected chi connectivity index (χ1v) is 6.89. The van der Waals surface area contributed by atoms with Crippen molar-refractivity contribution in [1.82, 2.24) is 16.0 Å². The van der Waals surface area contributed by atoms with Crippen LogP contribution in [0.5, 0.6) is 0 Å². The van der Waals surface area contributed by atoms with Gasteiger partial charge in [0.1, 0.15) is 0 Å². The molecule has 0 aliphatic rings. The van der Waals surface area contributed by atoms with Gasteiger partial charge >= 0.3 is 0 Å². The Morgan fingerprint density at radius 1 is 1.00 bits per heavy atom. The smallest absolute Gasteiger partial charge is 0.251 e. The van der Waals surface area contributed by atoms with Crippen LogP contribution in [0.25, 0.3) is 0 Å². The SMILES string of the molecule is CNCCCC(=O)NCCNC(=O)c1ccc(C)cc1. The van der Waals surface area contributed by atoms with Gasteiger partial charge in [0, 0.05) is 25.1 Å². The Morgan fingerprint density at radius 3 is 2.30 bits per heavy atom. The summed E-state index contributed by atoms with van der Waals surface area (Å²) < 4.78 is 0. The summed E-state index contributed by atoms with van der Waals surface area (Å²) in [4.78, 5) is 23.2. The quantitative estimate of drug-likeness (QED) is 0.617. The van der Waals surface area contributed by atoms with E-state index in [1.54, 1.807) is 12.1 Å². The second-order valence-electron chi connectivity index (χ2n) is 4.68. The summed E-state index contributed by atoms with van der Waals surface area (Å²) in [6.45, 7) is 3.70. The van der Waals surface area contributed by atoms with Crippen molar-refractivity contribution >= 4 is 11.8 Å². The molecule has 0 bridgehead atoms. The van der Waals surface area contributed by atoms with E-state index >= 15 is 0 Å². The van der Waals surface area contributed by atoms with Gasteiger partial charge in [-0.2, -0.15) is 0 Å². The fourth-order valence-corrected chi connectivity index (χ4v) is 1.70. The van der Waals surface area contributed by atoms with Crippen molar-refractivity contribution in [3.63, 3.8) is 0 Å². The second kappa shape index (κ2) is 9.09. The molecule has 3 N–H and O–H groups in total. The standard InChI is InChI=1S/C15H23N3O2/c1-12-5-7-13(8-6-12)15(20)18-11-10-17-14(19)4-3-9-16-2/h5-8,16H,3-4,9-11H2,1-2H3,(H,17,19)(H,18,20). The van der Waals surface area contributed by atoms with E-state index in [0.717, 1.165) is 18.5 Å². The van der Waals surface area contributed by atoms with Crippen LogP contribution in [-0.2, 0) is 4.79 Å². The summed E-state index contributed by atoms with van der Waals surface area (Å²) in [5, 5.41) is 8.54. The number of rotatable bonds is 8. The molecular formula is C15H23N3O2. The van der Waals surface area contributed by atoms with Gasteiger partial charge in [0.15, 0.2) is 0 Å². The Hall–Kier alpha value is -1.88. The molecule has 0 unspecified atom stereocenters. The van der Waals surface area contributed by atoms with Crippen molar-refractivity contribution in [2.24, 2.45) is 0 Å². The number of carbonyl (C=O) groups excluding carboxylic acids is 2. The molecule has 5 heteroatoms. The molecule has 0 atom stereocenters. The Balaban J connectivity index is 2.16. The molecule has 5 nitrogen and oxygen atoms in total. The van der Waals surface area contributed by atoms with E-state index in [0.29, 0.717) is 25.1 Å². The lowest BCUT2D eigenvalue weighted by atomic mass is 10.1. The van der Waals surface area contributed by atoms with Crippen molar-refractivity contribution in [3.8, 4) is 0 Å². The molecule has 20 heavy (non-hydrogen) atoms. The van der Waals surface area contributed by atoms with Gasteiger partial charge in [-0.3, -0.25) is 9.59 Å². The van der Waals surface area contributed by atoms with Gasteiger partial charge in [-0.15, -0.1) is 0 Å². The first-order valence-electron chi connectivity index (χ1n) is 6.89. The number of amides is 2. The fourth-order valence-electron chi connectivity index (χ4n) is 1.70. The van der Waals surface area contributed by atoms with Crippen LogP contribution >= 0.6 is 0 Å². The molecule has 0 spiro atoms. The summed E-state index contributed by atoms with van der Waals surface area (Å²) in [6, 6.07) is 7.39. The van der Waals surface area contributed by atoms with Crippen molar-refractivity contribution in [1.29, 1.82) is 0 Å². The molecule has 110 valence electrons. The zero-order valence-electron chi connectivity index (χ0n) is 12.2. The maximum Gasteiger partial charge on any atom is 0.251 e. The minimum atomic E-state index is -0.116. The molecule has 0 aliphatic heterocycles. The number of aryl methyl sites for hydroxylation is 1. The maximum atomic E-state index is 11.8. The predicted octanol–water partition coefficient (Wildman–Crippen LogP) is 0.841. The molecule has 0 heterocycles. The number of benzene rings is 1. The summed E-state index contributed by atoms with van der Waals surface area (Å²) >= 11 is 0. The largest absolute Gasteiger partial charge is 0.354 e. The Bertz CT molecular complexity index is 429. The molecule has 1 aromatic carbocycles. The van der Waals surface area contributed by atoms with E-state index in [1.165, 1.54) is 0 Å².